The maximum absolute atomic E-state index is 12.0. The number of hydrogen-bond acceptors (Lipinski definition) is 5. The predicted octanol–water partition coefficient (Wildman–Crippen LogP) is 3.33. The second-order valence-electron chi connectivity index (χ2n) is 6.35. The van der Waals surface area contributed by atoms with E-state index in [1.54, 1.807) is 11.7 Å². The molecule has 1 aliphatic heterocycles. The van der Waals surface area contributed by atoms with E-state index < -0.39 is 0 Å². The zero-order valence-electron chi connectivity index (χ0n) is 14.6. The van der Waals surface area contributed by atoms with E-state index in [1.165, 1.54) is 29.7 Å². The fourth-order valence-corrected chi connectivity index (χ4v) is 3.59. The molecule has 1 N–H and O–H groups in total. The molecule has 0 fully saturated rings. The van der Waals surface area contributed by atoms with Gasteiger partial charge < -0.3 is 10.1 Å². The molecule has 2 aromatic rings. The third kappa shape index (κ3) is 5.03. The SMILES string of the molecule is CCCC[C@H]1CN(CCNC(=O)c2cncs2)Cc2ccccc2O1. The fraction of sp³-hybridized carbons (Fsp3) is 0.474. The van der Waals surface area contributed by atoms with Gasteiger partial charge in [0, 0.05) is 31.7 Å². The van der Waals surface area contributed by atoms with Crippen molar-refractivity contribution in [1.82, 2.24) is 15.2 Å². The van der Waals surface area contributed by atoms with Gasteiger partial charge in [0.25, 0.3) is 5.91 Å². The molecule has 0 unspecified atom stereocenters. The summed E-state index contributed by atoms with van der Waals surface area (Å²) in [6.07, 6.45) is 5.22. The predicted molar refractivity (Wildman–Crippen MR) is 100 cm³/mol. The van der Waals surface area contributed by atoms with Gasteiger partial charge in [-0.15, -0.1) is 11.3 Å². The van der Waals surface area contributed by atoms with Crippen molar-refractivity contribution in [3.05, 3.63) is 46.4 Å². The number of thiazole rings is 1. The largest absolute Gasteiger partial charge is 0.489 e. The van der Waals surface area contributed by atoms with Gasteiger partial charge in [-0.2, -0.15) is 0 Å². The van der Waals surface area contributed by atoms with Crippen molar-refractivity contribution in [2.45, 2.75) is 38.8 Å². The van der Waals surface area contributed by atoms with Crippen LogP contribution in [-0.2, 0) is 6.54 Å². The topological polar surface area (TPSA) is 54.5 Å². The maximum Gasteiger partial charge on any atom is 0.263 e. The lowest BCUT2D eigenvalue weighted by atomic mass is 10.1. The normalized spacial score (nSPS) is 17.4. The molecule has 1 amide bonds. The van der Waals surface area contributed by atoms with Crippen LogP contribution >= 0.6 is 11.3 Å². The van der Waals surface area contributed by atoms with E-state index in [2.05, 4.69) is 40.3 Å². The molecule has 0 bridgehead atoms. The summed E-state index contributed by atoms with van der Waals surface area (Å²) >= 11 is 1.36. The molecule has 6 heteroatoms. The number of ether oxygens (including phenoxy) is 1. The van der Waals surface area contributed by atoms with Gasteiger partial charge in [0.15, 0.2) is 0 Å². The molecular formula is C19H25N3O2S. The van der Waals surface area contributed by atoms with E-state index >= 15 is 0 Å². The third-order valence-electron chi connectivity index (χ3n) is 4.37. The lowest BCUT2D eigenvalue weighted by Gasteiger charge is -2.24. The Labute approximate surface area is 153 Å². The van der Waals surface area contributed by atoms with Gasteiger partial charge in [-0.3, -0.25) is 14.7 Å². The van der Waals surface area contributed by atoms with Gasteiger partial charge >= 0.3 is 0 Å². The molecule has 1 atom stereocenters. The lowest BCUT2D eigenvalue weighted by molar-refractivity contribution is 0.0945. The molecule has 0 aliphatic carbocycles. The van der Waals surface area contributed by atoms with Crippen LogP contribution < -0.4 is 10.1 Å². The Hall–Kier alpha value is -1.92. The number of nitrogens with zero attached hydrogens (tertiary/aromatic N) is 2. The van der Waals surface area contributed by atoms with E-state index in [0.717, 1.165) is 31.8 Å². The zero-order valence-corrected chi connectivity index (χ0v) is 15.4. The van der Waals surface area contributed by atoms with Gasteiger partial charge in [-0.25, -0.2) is 0 Å². The van der Waals surface area contributed by atoms with Crippen molar-refractivity contribution in [2.75, 3.05) is 19.6 Å². The molecule has 3 rings (SSSR count). The van der Waals surface area contributed by atoms with Gasteiger partial charge in [-0.05, 0) is 18.9 Å². The minimum atomic E-state index is -0.0449. The molecule has 2 heterocycles. The summed E-state index contributed by atoms with van der Waals surface area (Å²) in [5, 5.41) is 2.98. The van der Waals surface area contributed by atoms with Crippen molar-refractivity contribution in [3.8, 4) is 5.75 Å². The van der Waals surface area contributed by atoms with Crippen molar-refractivity contribution in [2.24, 2.45) is 0 Å². The molecule has 25 heavy (non-hydrogen) atoms. The second kappa shape index (κ2) is 8.97. The molecule has 1 aliphatic rings. The van der Waals surface area contributed by atoms with Gasteiger partial charge in [0.05, 0.1) is 11.7 Å². The quantitative estimate of drug-likeness (QED) is 0.824. The Bertz CT molecular complexity index is 675. The van der Waals surface area contributed by atoms with Crippen molar-refractivity contribution < 1.29 is 9.53 Å². The summed E-state index contributed by atoms with van der Waals surface area (Å²) in [5.74, 6) is 0.955. The molecule has 5 nitrogen and oxygen atoms in total. The van der Waals surface area contributed by atoms with Gasteiger partial charge in [-0.1, -0.05) is 31.5 Å². The first kappa shape index (κ1) is 17.9. The van der Waals surface area contributed by atoms with Crippen LogP contribution in [0.25, 0.3) is 0 Å². The van der Waals surface area contributed by atoms with Crippen molar-refractivity contribution in [3.63, 3.8) is 0 Å². The average Bonchev–Trinajstić information content (AvgIpc) is 3.09. The number of unbranched alkanes of at least 4 members (excludes halogenated alkanes) is 1. The van der Waals surface area contributed by atoms with Crippen LogP contribution in [-0.4, -0.2) is 41.5 Å². The fourth-order valence-electron chi connectivity index (χ4n) is 3.05. The highest BCUT2D eigenvalue weighted by atomic mass is 32.1. The monoisotopic (exact) mass is 359 g/mol. The molecular weight excluding hydrogens is 334 g/mol. The summed E-state index contributed by atoms with van der Waals surface area (Å²) in [7, 11) is 0. The Balaban J connectivity index is 1.58. The minimum Gasteiger partial charge on any atom is -0.489 e. The third-order valence-corrected chi connectivity index (χ3v) is 5.14. The number of nitrogens with one attached hydrogen (secondary N) is 1. The van der Waals surface area contributed by atoms with E-state index in [1.807, 2.05) is 6.07 Å². The number of benzene rings is 1. The number of rotatable bonds is 7. The number of hydrogen-bond donors (Lipinski definition) is 1. The highest BCUT2D eigenvalue weighted by Crippen LogP contribution is 2.26. The Morgan fingerprint density at radius 2 is 2.32 bits per heavy atom. The Kier molecular flexibility index (Phi) is 6.42. The number of carbonyl (C=O) groups excluding carboxylic acids is 1. The Morgan fingerprint density at radius 3 is 3.12 bits per heavy atom. The molecule has 1 aromatic carbocycles. The van der Waals surface area contributed by atoms with Gasteiger partial charge in [0.2, 0.25) is 0 Å². The molecule has 0 radical (unpaired) electrons. The molecule has 0 spiro atoms. The van der Waals surface area contributed by atoms with Crippen LogP contribution in [0, 0.1) is 0 Å². The van der Waals surface area contributed by atoms with E-state index in [0.29, 0.717) is 11.4 Å². The number of fused-ring (bicyclic) bond motifs is 1. The minimum absolute atomic E-state index is 0.0449. The summed E-state index contributed by atoms with van der Waals surface area (Å²) in [4.78, 5) is 19.0. The molecule has 0 saturated carbocycles. The van der Waals surface area contributed by atoms with Crippen molar-refractivity contribution >= 4 is 17.2 Å². The summed E-state index contributed by atoms with van der Waals surface area (Å²) in [6, 6.07) is 8.27. The number of aromatic nitrogens is 1. The maximum atomic E-state index is 12.0. The van der Waals surface area contributed by atoms with Gasteiger partial charge in [0.1, 0.15) is 16.7 Å². The highest BCUT2D eigenvalue weighted by Gasteiger charge is 2.22. The van der Waals surface area contributed by atoms with Crippen LogP contribution in [0.4, 0.5) is 0 Å². The van der Waals surface area contributed by atoms with Crippen LogP contribution in [0.2, 0.25) is 0 Å². The molecule has 0 saturated heterocycles. The smallest absolute Gasteiger partial charge is 0.263 e. The van der Waals surface area contributed by atoms with E-state index in [-0.39, 0.29) is 12.0 Å². The van der Waals surface area contributed by atoms with Crippen LogP contribution in [0.3, 0.4) is 0 Å². The zero-order chi connectivity index (χ0) is 17.5. The van der Waals surface area contributed by atoms with Crippen molar-refractivity contribution in [1.29, 1.82) is 0 Å². The van der Waals surface area contributed by atoms with Crippen LogP contribution in [0.15, 0.2) is 36.0 Å². The Morgan fingerprint density at radius 1 is 1.44 bits per heavy atom. The second-order valence-corrected chi connectivity index (χ2v) is 7.23. The first-order valence-electron chi connectivity index (χ1n) is 8.90. The average molecular weight is 359 g/mol. The highest BCUT2D eigenvalue weighted by molar-refractivity contribution is 7.11. The van der Waals surface area contributed by atoms with Crippen LogP contribution in [0.5, 0.6) is 5.75 Å². The summed E-state index contributed by atoms with van der Waals surface area (Å²) < 4.78 is 6.24. The summed E-state index contributed by atoms with van der Waals surface area (Å²) in [5.41, 5.74) is 2.89. The standard InChI is InChI=1S/C19H25N3O2S/c1-2-3-7-16-13-22(12-15-6-4-5-8-17(15)24-16)10-9-21-19(23)18-11-20-14-25-18/h4-6,8,11,14,16H,2-3,7,9-10,12-13H2,1H3,(H,21,23)/t16-/m0/s1. The van der Waals surface area contributed by atoms with E-state index in [4.69, 9.17) is 4.74 Å². The van der Waals surface area contributed by atoms with Crippen LogP contribution in [0.1, 0.15) is 41.4 Å². The van der Waals surface area contributed by atoms with E-state index in [9.17, 15) is 4.79 Å². The first-order chi connectivity index (χ1) is 12.3. The number of carbonyl (C=O) groups is 1. The molecule has 1 aromatic heterocycles. The lowest BCUT2D eigenvalue weighted by Crippen LogP contribution is -2.38. The first-order valence-corrected chi connectivity index (χ1v) is 9.78. The number of amides is 1. The number of para-hydroxylation sites is 1. The summed E-state index contributed by atoms with van der Waals surface area (Å²) in [6.45, 7) is 5.39. The molecule has 134 valence electrons.